The maximum absolute atomic E-state index is 6.05. The van der Waals surface area contributed by atoms with E-state index in [1.54, 1.807) is 6.26 Å². The molecule has 3 heteroatoms. The molecule has 0 saturated carbocycles. The summed E-state index contributed by atoms with van der Waals surface area (Å²) in [4.78, 5) is 0. The van der Waals surface area contributed by atoms with Gasteiger partial charge in [-0.3, -0.25) is 0 Å². The Morgan fingerprint density at radius 1 is 0.950 bits per heavy atom. The zero-order valence-electron chi connectivity index (χ0n) is 10.8. The van der Waals surface area contributed by atoms with Gasteiger partial charge in [0.1, 0.15) is 18.1 Å². The summed E-state index contributed by atoms with van der Waals surface area (Å²) < 4.78 is 11.3. The molecule has 0 bridgehead atoms. The van der Waals surface area contributed by atoms with Crippen LogP contribution in [0.1, 0.15) is 5.56 Å². The van der Waals surface area contributed by atoms with Gasteiger partial charge in [0.15, 0.2) is 0 Å². The van der Waals surface area contributed by atoms with E-state index in [1.807, 2.05) is 60.7 Å². The zero-order chi connectivity index (χ0) is 13.8. The Balaban J connectivity index is 1.86. The molecule has 0 saturated heterocycles. The van der Waals surface area contributed by atoms with Crippen LogP contribution in [0.4, 0.5) is 0 Å². The number of furan rings is 1. The highest BCUT2D eigenvalue weighted by Gasteiger charge is 2.10. The average molecular weight is 285 g/mol. The van der Waals surface area contributed by atoms with Crippen LogP contribution in [-0.2, 0) is 6.61 Å². The molecule has 0 radical (unpaired) electrons. The van der Waals surface area contributed by atoms with Crippen molar-refractivity contribution in [1.29, 1.82) is 0 Å². The summed E-state index contributed by atoms with van der Waals surface area (Å²) in [7, 11) is 0. The predicted octanol–water partition coefficient (Wildman–Crippen LogP) is 5.18. The molecule has 20 heavy (non-hydrogen) atoms. The van der Waals surface area contributed by atoms with Gasteiger partial charge in [-0.1, -0.05) is 41.9 Å². The van der Waals surface area contributed by atoms with E-state index in [2.05, 4.69) is 0 Å². The largest absolute Gasteiger partial charge is 0.488 e. The fourth-order valence-electron chi connectivity index (χ4n) is 1.99. The van der Waals surface area contributed by atoms with E-state index in [9.17, 15) is 0 Å². The second kappa shape index (κ2) is 5.85. The van der Waals surface area contributed by atoms with Gasteiger partial charge in [-0.05, 0) is 35.9 Å². The highest BCUT2D eigenvalue weighted by Crippen LogP contribution is 2.33. The number of ether oxygens (including phenoxy) is 1. The first-order valence-corrected chi connectivity index (χ1v) is 6.71. The maximum atomic E-state index is 6.05. The van der Waals surface area contributed by atoms with Crippen molar-refractivity contribution in [2.75, 3.05) is 0 Å². The second-order valence-electron chi connectivity index (χ2n) is 4.39. The van der Waals surface area contributed by atoms with Gasteiger partial charge in [0.25, 0.3) is 0 Å². The van der Waals surface area contributed by atoms with Crippen molar-refractivity contribution >= 4 is 11.6 Å². The van der Waals surface area contributed by atoms with E-state index in [0.29, 0.717) is 11.6 Å². The third kappa shape index (κ3) is 2.86. The standard InChI is InChI=1S/C17H13ClO2/c18-14-8-9-17(15(11-14)16-7-4-10-19-16)20-12-13-5-2-1-3-6-13/h1-11H,12H2. The Morgan fingerprint density at radius 3 is 2.55 bits per heavy atom. The van der Waals surface area contributed by atoms with Gasteiger partial charge < -0.3 is 9.15 Å². The van der Waals surface area contributed by atoms with Gasteiger partial charge in [0.05, 0.1) is 11.8 Å². The molecule has 1 aromatic heterocycles. The second-order valence-corrected chi connectivity index (χ2v) is 4.83. The summed E-state index contributed by atoms with van der Waals surface area (Å²) in [6.07, 6.45) is 1.64. The molecule has 0 amide bonds. The van der Waals surface area contributed by atoms with Crippen LogP contribution in [-0.4, -0.2) is 0 Å². The summed E-state index contributed by atoms with van der Waals surface area (Å²) >= 11 is 6.05. The van der Waals surface area contributed by atoms with Crippen molar-refractivity contribution in [3.05, 3.63) is 77.5 Å². The predicted molar refractivity (Wildman–Crippen MR) is 79.9 cm³/mol. The van der Waals surface area contributed by atoms with Crippen molar-refractivity contribution in [3.8, 4) is 17.1 Å². The Hall–Kier alpha value is -2.19. The van der Waals surface area contributed by atoms with Crippen molar-refractivity contribution in [2.45, 2.75) is 6.61 Å². The molecule has 100 valence electrons. The lowest BCUT2D eigenvalue weighted by Gasteiger charge is -2.10. The molecule has 3 rings (SSSR count). The fraction of sp³-hybridized carbons (Fsp3) is 0.0588. The van der Waals surface area contributed by atoms with Crippen LogP contribution in [0.15, 0.2) is 71.3 Å². The molecule has 0 unspecified atom stereocenters. The molecule has 0 N–H and O–H groups in total. The van der Waals surface area contributed by atoms with Gasteiger partial charge in [0.2, 0.25) is 0 Å². The highest BCUT2D eigenvalue weighted by atomic mass is 35.5. The number of rotatable bonds is 4. The lowest BCUT2D eigenvalue weighted by Crippen LogP contribution is -1.96. The highest BCUT2D eigenvalue weighted by molar-refractivity contribution is 6.30. The molecule has 2 nitrogen and oxygen atoms in total. The van der Waals surface area contributed by atoms with E-state index in [0.717, 1.165) is 22.6 Å². The molecular weight excluding hydrogens is 272 g/mol. The summed E-state index contributed by atoms with van der Waals surface area (Å²) in [5.74, 6) is 1.50. The molecule has 2 aromatic carbocycles. The van der Waals surface area contributed by atoms with Crippen molar-refractivity contribution in [2.24, 2.45) is 0 Å². The molecule has 0 fully saturated rings. The number of halogens is 1. The Morgan fingerprint density at radius 2 is 1.80 bits per heavy atom. The van der Waals surface area contributed by atoms with E-state index < -0.39 is 0 Å². The first-order chi connectivity index (χ1) is 9.83. The summed E-state index contributed by atoms with van der Waals surface area (Å²) in [6, 6.07) is 19.3. The Labute approximate surface area is 122 Å². The molecule has 3 aromatic rings. The third-order valence-corrected chi connectivity index (χ3v) is 3.20. The number of hydrogen-bond donors (Lipinski definition) is 0. The normalized spacial score (nSPS) is 10.4. The molecule has 0 aliphatic carbocycles. The zero-order valence-corrected chi connectivity index (χ0v) is 11.5. The van der Waals surface area contributed by atoms with Gasteiger partial charge in [-0.25, -0.2) is 0 Å². The van der Waals surface area contributed by atoms with Crippen LogP contribution in [0.5, 0.6) is 5.75 Å². The van der Waals surface area contributed by atoms with Crippen LogP contribution in [0.25, 0.3) is 11.3 Å². The van der Waals surface area contributed by atoms with Crippen molar-refractivity contribution in [3.63, 3.8) is 0 Å². The molecule has 0 aliphatic heterocycles. The SMILES string of the molecule is Clc1ccc(OCc2ccccc2)c(-c2ccco2)c1. The van der Waals surface area contributed by atoms with Crippen LogP contribution in [0.2, 0.25) is 5.02 Å². The van der Waals surface area contributed by atoms with Gasteiger partial charge in [-0.2, -0.15) is 0 Å². The van der Waals surface area contributed by atoms with Crippen molar-refractivity contribution < 1.29 is 9.15 Å². The summed E-state index contributed by atoms with van der Waals surface area (Å²) in [6.45, 7) is 0.510. The van der Waals surface area contributed by atoms with Crippen molar-refractivity contribution in [1.82, 2.24) is 0 Å². The molecule has 0 spiro atoms. The minimum atomic E-state index is 0.510. The fourth-order valence-corrected chi connectivity index (χ4v) is 2.16. The molecule has 0 aliphatic rings. The maximum Gasteiger partial charge on any atom is 0.137 e. The minimum absolute atomic E-state index is 0.510. The lowest BCUT2D eigenvalue weighted by atomic mass is 10.1. The number of benzene rings is 2. The smallest absolute Gasteiger partial charge is 0.137 e. The Bertz CT molecular complexity index is 675. The molecular formula is C17H13ClO2. The summed E-state index contributed by atoms with van der Waals surface area (Å²) in [5, 5.41) is 0.656. The lowest BCUT2D eigenvalue weighted by molar-refractivity contribution is 0.307. The monoisotopic (exact) mass is 284 g/mol. The van der Waals surface area contributed by atoms with Gasteiger partial charge >= 0.3 is 0 Å². The topological polar surface area (TPSA) is 22.4 Å². The van der Waals surface area contributed by atoms with Gasteiger partial charge in [-0.15, -0.1) is 0 Å². The van der Waals surface area contributed by atoms with E-state index in [4.69, 9.17) is 20.8 Å². The van der Waals surface area contributed by atoms with E-state index >= 15 is 0 Å². The first kappa shape index (κ1) is 12.8. The summed E-state index contributed by atoms with van der Waals surface area (Å²) in [5.41, 5.74) is 1.98. The first-order valence-electron chi connectivity index (χ1n) is 6.33. The van der Waals surface area contributed by atoms with Crippen LogP contribution < -0.4 is 4.74 Å². The van der Waals surface area contributed by atoms with E-state index in [1.165, 1.54) is 0 Å². The molecule has 0 atom stereocenters. The Kier molecular flexibility index (Phi) is 3.75. The average Bonchev–Trinajstić information content (AvgIpc) is 3.01. The van der Waals surface area contributed by atoms with E-state index in [-0.39, 0.29) is 0 Å². The minimum Gasteiger partial charge on any atom is -0.488 e. The van der Waals surface area contributed by atoms with Crippen LogP contribution in [0, 0.1) is 0 Å². The quantitative estimate of drug-likeness (QED) is 0.659. The third-order valence-electron chi connectivity index (χ3n) is 2.97. The van der Waals surface area contributed by atoms with Crippen LogP contribution >= 0.6 is 11.6 Å². The molecule has 1 heterocycles. The van der Waals surface area contributed by atoms with Crippen LogP contribution in [0.3, 0.4) is 0 Å². The number of hydrogen-bond acceptors (Lipinski definition) is 2. The van der Waals surface area contributed by atoms with Gasteiger partial charge in [0, 0.05) is 5.02 Å².